The Morgan fingerprint density at radius 3 is 1.71 bits per heavy atom. The number of nitrogens with one attached hydrogen (secondary N) is 1. The Morgan fingerprint density at radius 1 is 0.821 bits per heavy atom. The molecule has 1 unspecified atom stereocenters. The second-order valence-electron chi connectivity index (χ2n) is 7.90. The molecule has 0 aromatic heterocycles. The van der Waals surface area contributed by atoms with Gasteiger partial charge in [-0.3, -0.25) is 4.79 Å². The van der Waals surface area contributed by atoms with E-state index in [1.54, 1.807) is 12.1 Å². The molecule has 0 bridgehead atoms. The summed E-state index contributed by atoms with van der Waals surface area (Å²) in [5, 5.41) is 3.32. The maximum Gasteiger partial charge on any atom is 0.237 e. The summed E-state index contributed by atoms with van der Waals surface area (Å²) in [5.41, 5.74) is 0.773. The van der Waals surface area contributed by atoms with Crippen LogP contribution in [0.25, 0.3) is 0 Å². The van der Waals surface area contributed by atoms with Gasteiger partial charge in [0.05, 0.1) is 5.25 Å². The zero-order chi connectivity index (χ0) is 20.5. The van der Waals surface area contributed by atoms with Crippen LogP contribution in [0, 0.1) is 0 Å². The van der Waals surface area contributed by atoms with Crippen LogP contribution < -0.4 is 5.32 Å². The minimum atomic E-state index is -0.243. The van der Waals surface area contributed by atoms with Crippen molar-refractivity contribution < 1.29 is 4.79 Å². The molecule has 1 rings (SSSR count). The topological polar surface area (TPSA) is 29.1 Å². The first-order valence-electron chi connectivity index (χ1n) is 11.4. The van der Waals surface area contributed by atoms with Crippen molar-refractivity contribution in [1.29, 1.82) is 0 Å². The van der Waals surface area contributed by atoms with Crippen LogP contribution in [-0.2, 0) is 4.79 Å². The summed E-state index contributed by atoms with van der Waals surface area (Å²) in [7, 11) is 0. The molecule has 1 N–H and O–H groups in total. The largest absolute Gasteiger partial charge is 0.325 e. The molecule has 0 heterocycles. The van der Waals surface area contributed by atoms with E-state index in [4.69, 9.17) is 11.6 Å². The number of halogens is 1. The van der Waals surface area contributed by atoms with Gasteiger partial charge in [-0.25, -0.2) is 0 Å². The van der Waals surface area contributed by atoms with Gasteiger partial charge in [0.2, 0.25) is 5.91 Å². The fourth-order valence-corrected chi connectivity index (χ4v) is 3.80. The van der Waals surface area contributed by atoms with E-state index in [2.05, 4.69) is 24.9 Å². The lowest BCUT2D eigenvalue weighted by atomic mass is 10.0. The fourth-order valence-electron chi connectivity index (χ4n) is 3.42. The molecule has 1 atom stereocenters. The van der Waals surface area contributed by atoms with Crippen molar-refractivity contribution in [2.75, 3.05) is 5.32 Å². The summed E-state index contributed by atoms with van der Waals surface area (Å²) in [6, 6.07) is 7.18. The van der Waals surface area contributed by atoms with Crippen LogP contribution in [0.1, 0.15) is 103 Å². The molecule has 0 aliphatic rings. The normalized spacial score (nSPS) is 12.1. The molecular weight excluding hydrogens is 386 g/mol. The third kappa shape index (κ3) is 13.5. The molecule has 0 aliphatic heterocycles. The van der Waals surface area contributed by atoms with Gasteiger partial charge in [-0.15, -0.1) is 0 Å². The number of unbranched alkanes of at least 4 members (excludes halogenated alkanes) is 13. The predicted molar refractivity (Wildman–Crippen MR) is 128 cm³/mol. The number of hydrogen-bond acceptors (Lipinski definition) is 2. The van der Waals surface area contributed by atoms with Crippen molar-refractivity contribution in [1.82, 2.24) is 0 Å². The highest BCUT2D eigenvalue weighted by molar-refractivity contribution is 7.81. The van der Waals surface area contributed by atoms with Crippen LogP contribution in [0.5, 0.6) is 0 Å². The van der Waals surface area contributed by atoms with Crippen molar-refractivity contribution in [2.45, 2.75) is 108 Å². The Labute approximate surface area is 183 Å². The van der Waals surface area contributed by atoms with Gasteiger partial charge in [-0.1, -0.05) is 108 Å². The van der Waals surface area contributed by atoms with E-state index in [9.17, 15) is 4.79 Å². The van der Waals surface area contributed by atoms with Crippen molar-refractivity contribution in [2.24, 2.45) is 0 Å². The fraction of sp³-hybridized carbons (Fsp3) is 0.708. The van der Waals surface area contributed by atoms with Gasteiger partial charge in [0.15, 0.2) is 0 Å². The summed E-state index contributed by atoms with van der Waals surface area (Å²) in [5.74, 6) is -0.0275. The van der Waals surface area contributed by atoms with Crippen molar-refractivity contribution in [3.63, 3.8) is 0 Å². The molecule has 28 heavy (non-hydrogen) atoms. The van der Waals surface area contributed by atoms with E-state index in [-0.39, 0.29) is 11.2 Å². The summed E-state index contributed by atoms with van der Waals surface area (Å²) in [4.78, 5) is 12.1. The first-order valence-corrected chi connectivity index (χ1v) is 12.3. The Morgan fingerprint density at radius 2 is 1.25 bits per heavy atom. The zero-order valence-electron chi connectivity index (χ0n) is 17.7. The van der Waals surface area contributed by atoms with E-state index >= 15 is 0 Å². The van der Waals surface area contributed by atoms with E-state index < -0.39 is 0 Å². The number of carbonyl (C=O) groups excluding carboxylic acids is 1. The van der Waals surface area contributed by atoms with Crippen LogP contribution in [0.15, 0.2) is 24.3 Å². The van der Waals surface area contributed by atoms with Gasteiger partial charge in [0.1, 0.15) is 0 Å². The summed E-state index contributed by atoms with van der Waals surface area (Å²) in [6.45, 7) is 2.27. The van der Waals surface area contributed by atoms with E-state index in [1.165, 1.54) is 83.5 Å². The van der Waals surface area contributed by atoms with Crippen LogP contribution in [-0.4, -0.2) is 11.2 Å². The molecule has 0 fully saturated rings. The van der Waals surface area contributed by atoms with E-state index in [1.807, 2.05) is 12.1 Å². The number of anilines is 1. The van der Waals surface area contributed by atoms with Crippen LogP contribution in [0.4, 0.5) is 5.69 Å². The summed E-state index contributed by atoms with van der Waals surface area (Å²) < 4.78 is 0. The number of rotatable bonds is 17. The number of thiol groups is 1. The van der Waals surface area contributed by atoms with Crippen molar-refractivity contribution >= 4 is 35.8 Å². The lowest BCUT2D eigenvalue weighted by molar-refractivity contribution is -0.115. The van der Waals surface area contributed by atoms with Crippen molar-refractivity contribution in [3.05, 3.63) is 29.3 Å². The number of hydrogen-bond donors (Lipinski definition) is 2. The van der Waals surface area contributed by atoms with Gasteiger partial charge in [-0.05, 0) is 30.7 Å². The second kappa shape index (κ2) is 17.2. The summed E-state index contributed by atoms with van der Waals surface area (Å²) in [6.07, 6.45) is 19.7. The average molecular weight is 426 g/mol. The molecule has 1 amide bonds. The standard InChI is InChI=1S/C24H40ClNOS/c1-2-3-4-5-6-7-8-9-10-11-12-13-14-15-16-23(28)24(27)26-22-19-17-21(25)18-20-22/h17-20,23,28H,2-16H2,1H3,(H,26,27). The number of amides is 1. The third-order valence-corrected chi connectivity index (χ3v) is 5.99. The molecule has 0 spiro atoms. The molecule has 1 aromatic rings. The Kier molecular flexibility index (Phi) is 15.6. The Bertz CT molecular complexity index is 506. The van der Waals surface area contributed by atoms with Crippen molar-refractivity contribution in [3.8, 4) is 0 Å². The maximum absolute atomic E-state index is 12.1. The molecule has 0 aliphatic carbocycles. The minimum Gasteiger partial charge on any atom is -0.325 e. The first-order chi connectivity index (χ1) is 13.6. The van der Waals surface area contributed by atoms with E-state index in [0.717, 1.165) is 18.5 Å². The smallest absolute Gasteiger partial charge is 0.237 e. The molecule has 4 heteroatoms. The van der Waals surface area contributed by atoms with Crippen LogP contribution in [0.2, 0.25) is 5.02 Å². The van der Waals surface area contributed by atoms with Gasteiger partial charge < -0.3 is 5.32 Å². The lowest BCUT2D eigenvalue weighted by Crippen LogP contribution is -2.23. The molecule has 0 saturated carbocycles. The third-order valence-electron chi connectivity index (χ3n) is 5.25. The van der Waals surface area contributed by atoms with Gasteiger partial charge in [0, 0.05) is 10.7 Å². The highest BCUT2D eigenvalue weighted by Crippen LogP contribution is 2.17. The zero-order valence-corrected chi connectivity index (χ0v) is 19.4. The van der Waals surface area contributed by atoms with Gasteiger partial charge >= 0.3 is 0 Å². The molecule has 0 radical (unpaired) electrons. The molecule has 0 saturated heterocycles. The predicted octanol–water partition coefficient (Wildman–Crippen LogP) is 8.45. The van der Waals surface area contributed by atoms with Gasteiger partial charge in [-0.2, -0.15) is 12.6 Å². The van der Waals surface area contributed by atoms with Gasteiger partial charge in [0.25, 0.3) is 0 Å². The monoisotopic (exact) mass is 425 g/mol. The quantitative estimate of drug-likeness (QED) is 0.190. The molecule has 2 nitrogen and oxygen atoms in total. The van der Waals surface area contributed by atoms with Crippen LogP contribution >= 0.6 is 24.2 Å². The SMILES string of the molecule is CCCCCCCCCCCCCCCCC(S)C(=O)Nc1ccc(Cl)cc1. The Balaban J connectivity index is 1.90. The summed E-state index contributed by atoms with van der Waals surface area (Å²) >= 11 is 10.3. The maximum atomic E-state index is 12.1. The molecule has 160 valence electrons. The first kappa shape index (κ1) is 25.4. The highest BCUT2D eigenvalue weighted by atomic mass is 35.5. The lowest BCUT2D eigenvalue weighted by Gasteiger charge is -2.11. The van der Waals surface area contributed by atoms with E-state index in [0.29, 0.717) is 5.02 Å². The second-order valence-corrected chi connectivity index (χ2v) is 8.96. The number of carbonyl (C=O) groups is 1. The molecular formula is C24H40ClNOS. The highest BCUT2D eigenvalue weighted by Gasteiger charge is 2.13. The van der Waals surface area contributed by atoms with Crippen LogP contribution in [0.3, 0.4) is 0 Å². The number of benzene rings is 1. The average Bonchev–Trinajstić information content (AvgIpc) is 2.69. The Hall–Kier alpha value is -0.670. The minimum absolute atomic E-state index is 0.0275. The molecule has 1 aromatic carbocycles.